The molecule has 0 bridgehead atoms. The molecule has 1 unspecified atom stereocenters. The number of carbonyl (C=O) groups is 2. The lowest BCUT2D eigenvalue weighted by atomic mass is 9.95. The van der Waals surface area contributed by atoms with Gasteiger partial charge in [-0.05, 0) is 31.0 Å². The molecular formula is C19H23BrN2O4. The smallest absolute Gasteiger partial charge is 0.228 e. The predicted octanol–water partition coefficient (Wildman–Crippen LogP) is 2.41. The Morgan fingerprint density at radius 2 is 1.88 bits per heavy atom. The molecular weight excluding hydrogens is 400 g/mol. The van der Waals surface area contributed by atoms with Gasteiger partial charge < -0.3 is 19.3 Å². The summed E-state index contributed by atoms with van der Waals surface area (Å²) in [6.45, 7) is 3.23. The predicted molar refractivity (Wildman–Crippen MR) is 99.6 cm³/mol. The molecule has 0 aromatic heterocycles. The number of nitrogens with zero attached hydrogens (tertiary/aromatic N) is 2. The molecule has 6 nitrogen and oxygen atoms in total. The number of anilines is 1. The quantitative estimate of drug-likeness (QED) is 0.750. The zero-order valence-electron chi connectivity index (χ0n) is 14.6. The molecule has 0 spiro atoms. The van der Waals surface area contributed by atoms with Gasteiger partial charge in [-0.25, -0.2) is 0 Å². The topological polar surface area (TPSA) is 59.1 Å². The van der Waals surface area contributed by atoms with Gasteiger partial charge in [-0.3, -0.25) is 9.59 Å². The van der Waals surface area contributed by atoms with E-state index in [0.29, 0.717) is 45.2 Å². The van der Waals surface area contributed by atoms with Crippen molar-refractivity contribution in [3.8, 4) is 0 Å². The van der Waals surface area contributed by atoms with E-state index in [2.05, 4.69) is 15.9 Å². The van der Waals surface area contributed by atoms with E-state index in [1.54, 1.807) is 4.90 Å². The number of ether oxygens (including phenoxy) is 2. The average molecular weight is 423 g/mol. The number of benzene rings is 1. The molecule has 3 saturated heterocycles. The highest BCUT2D eigenvalue weighted by Gasteiger charge is 2.39. The van der Waals surface area contributed by atoms with Crippen LogP contribution in [0.3, 0.4) is 0 Å². The van der Waals surface area contributed by atoms with Crippen LogP contribution in [-0.2, 0) is 19.1 Å². The van der Waals surface area contributed by atoms with E-state index in [1.165, 1.54) is 0 Å². The third kappa shape index (κ3) is 3.66. The van der Waals surface area contributed by atoms with E-state index >= 15 is 0 Å². The normalized spacial score (nSPS) is 25.3. The Balaban J connectivity index is 1.35. The second kappa shape index (κ2) is 7.66. The molecule has 1 aromatic carbocycles. The van der Waals surface area contributed by atoms with Gasteiger partial charge in [-0.2, -0.15) is 0 Å². The van der Waals surface area contributed by atoms with Gasteiger partial charge in [0.1, 0.15) is 0 Å². The fourth-order valence-electron chi connectivity index (χ4n) is 4.07. The van der Waals surface area contributed by atoms with Crippen molar-refractivity contribution in [2.45, 2.75) is 25.6 Å². The lowest BCUT2D eigenvalue weighted by molar-refractivity contribution is -0.140. The van der Waals surface area contributed by atoms with Crippen LogP contribution in [0.2, 0.25) is 0 Å². The lowest BCUT2D eigenvalue weighted by Crippen LogP contribution is -2.44. The second-order valence-corrected chi connectivity index (χ2v) is 8.07. The molecule has 0 saturated carbocycles. The Labute approximate surface area is 161 Å². The number of hydrogen-bond donors (Lipinski definition) is 0. The van der Waals surface area contributed by atoms with E-state index in [-0.39, 0.29) is 24.0 Å². The van der Waals surface area contributed by atoms with Crippen LogP contribution in [0, 0.1) is 11.8 Å². The van der Waals surface area contributed by atoms with E-state index in [9.17, 15) is 9.59 Å². The van der Waals surface area contributed by atoms with Gasteiger partial charge in [0.25, 0.3) is 0 Å². The van der Waals surface area contributed by atoms with E-state index < -0.39 is 0 Å². The Bertz CT molecular complexity index is 684. The van der Waals surface area contributed by atoms with E-state index in [4.69, 9.17) is 9.47 Å². The largest absolute Gasteiger partial charge is 0.350 e. The Morgan fingerprint density at radius 3 is 2.58 bits per heavy atom. The summed E-state index contributed by atoms with van der Waals surface area (Å²) >= 11 is 3.44. The third-order valence-electron chi connectivity index (χ3n) is 5.48. The van der Waals surface area contributed by atoms with Gasteiger partial charge in [0.05, 0.1) is 19.1 Å². The SMILES string of the molecule is O=C(C1CC(=O)N(c2cccc(Br)c2)C1)N1CCC(C2OCCO2)CC1. The minimum atomic E-state index is -0.253. The van der Waals surface area contributed by atoms with Crippen LogP contribution < -0.4 is 4.90 Å². The molecule has 1 atom stereocenters. The summed E-state index contributed by atoms with van der Waals surface area (Å²) in [6, 6.07) is 7.65. The molecule has 0 N–H and O–H groups in total. The number of rotatable bonds is 3. The summed E-state index contributed by atoms with van der Waals surface area (Å²) in [5, 5.41) is 0. The minimum Gasteiger partial charge on any atom is -0.350 e. The maximum atomic E-state index is 12.9. The highest BCUT2D eigenvalue weighted by atomic mass is 79.9. The Hall–Kier alpha value is -1.44. The molecule has 7 heteroatoms. The highest BCUT2D eigenvalue weighted by molar-refractivity contribution is 9.10. The standard InChI is InChI=1S/C19H23BrN2O4/c20-15-2-1-3-16(11-15)22-12-14(10-17(22)23)18(24)21-6-4-13(5-7-21)19-25-8-9-26-19/h1-3,11,13-14,19H,4-10,12H2. The number of likely N-dealkylation sites (tertiary alicyclic amines) is 1. The number of halogens is 1. The number of piperidine rings is 1. The number of carbonyl (C=O) groups excluding carboxylic acids is 2. The fraction of sp³-hybridized carbons (Fsp3) is 0.579. The van der Waals surface area contributed by atoms with Crippen LogP contribution in [-0.4, -0.2) is 55.9 Å². The first-order valence-corrected chi connectivity index (χ1v) is 9.99. The van der Waals surface area contributed by atoms with Crippen LogP contribution in [0.5, 0.6) is 0 Å². The minimum absolute atomic E-state index is 0.0177. The summed E-state index contributed by atoms with van der Waals surface area (Å²) in [4.78, 5) is 28.9. The second-order valence-electron chi connectivity index (χ2n) is 7.16. The van der Waals surface area contributed by atoms with Gasteiger partial charge in [0, 0.05) is 42.1 Å². The number of hydrogen-bond acceptors (Lipinski definition) is 4. The molecule has 2 amide bonds. The van der Waals surface area contributed by atoms with Crippen LogP contribution in [0.4, 0.5) is 5.69 Å². The first-order valence-electron chi connectivity index (χ1n) is 9.20. The zero-order chi connectivity index (χ0) is 18.1. The molecule has 1 aromatic rings. The maximum Gasteiger partial charge on any atom is 0.228 e. The average Bonchev–Trinajstić information content (AvgIpc) is 3.31. The van der Waals surface area contributed by atoms with Crippen molar-refractivity contribution in [3.63, 3.8) is 0 Å². The highest BCUT2D eigenvalue weighted by Crippen LogP contribution is 2.30. The summed E-state index contributed by atoms with van der Waals surface area (Å²) in [7, 11) is 0. The molecule has 3 aliphatic rings. The summed E-state index contributed by atoms with van der Waals surface area (Å²) < 4.78 is 12.1. The molecule has 0 radical (unpaired) electrons. The summed E-state index contributed by atoms with van der Waals surface area (Å²) in [6.07, 6.45) is 1.98. The van der Waals surface area contributed by atoms with E-state index in [1.807, 2.05) is 29.2 Å². The van der Waals surface area contributed by atoms with Crippen molar-refractivity contribution in [2.75, 3.05) is 37.7 Å². The summed E-state index contributed by atoms with van der Waals surface area (Å²) in [5.41, 5.74) is 0.842. The first-order chi connectivity index (χ1) is 12.6. The van der Waals surface area contributed by atoms with Crippen LogP contribution in [0.1, 0.15) is 19.3 Å². The number of amides is 2. The molecule has 0 aliphatic carbocycles. The maximum absolute atomic E-state index is 12.9. The van der Waals surface area contributed by atoms with Crippen LogP contribution >= 0.6 is 15.9 Å². The van der Waals surface area contributed by atoms with E-state index in [0.717, 1.165) is 23.0 Å². The van der Waals surface area contributed by atoms with Crippen molar-refractivity contribution in [1.82, 2.24) is 4.90 Å². The Kier molecular flexibility index (Phi) is 5.29. The van der Waals surface area contributed by atoms with Crippen molar-refractivity contribution in [1.29, 1.82) is 0 Å². The molecule has 26 heavy (non-hydrogen) atoms. The monoisotopic (exact) mass is 422 g/mol. The molecule has 140 valence electrons. The van der Waals surface area contributed by atoms with Crippen molar-refractivity contribution in [2.24, 2.45) is 11.8 Å². The molecule has 3 fully saturated rings. The zero-order valence-corrected chi connectivity index (χ0v) is 16.2. The van der Waals surface area contributed by atoms with Gasteiger partial charge in [0.15, 0.2) is 6.29 Å². The van der Waals surface area contributed by atoms with Crippen molar-refractivity contribution < 1.29 is 19.1 Å². The fourth-order valence-corrected chi connectivity index (χ4v) is 4.45. The molecule has 3 heterocycles. The van der Waals surface area contributed by atoms with Gasteiger partial charge in [-0.15, -0.1) is 0 Å². The van der Waals surface area contributed by atoms with Gasteiger partial charge in [0.2, 0.25) is 11.8 Å². The first kappa shape index (κ1) is 17.9. The molecule has 4 rings (SSSR count). The third-order valence-corrected chi connectivity index (χ3v) is 5.97. The van der Waals surface area contributed by atoms with Gasteiger partial charge >= 0.3 is 0 Å². The van der Waals surface area contributed by atoms with Crippen molar-refractivity contribution >= 4 is 33.4 Å². The lowest BCUT2D eigenvalue weighted by Gasteiger charge is -2.35. The Morgan fingerprint density at radius 1 is 1.15 bits per heavy atom. The van der Waals surface area contributed by atoms with Crippen LogP contribution in [0.25, 0.3) is 0 Å². The summed E-state index contributed by atoms with van der Waals surface area (Å²) in [5.74, 6) is 0.230. The molecule has 3 aliphatic heterocycles. The van der Waals surface area contributed by atoms with Crippen molar-refractivity contribution in [3.05, 3.63) is 28.7 Å². The van der Waals surface area contributed by atoms with Crippen LogP contribution in [0.15, 0.2) is 28.7 Å². The van der Waals surface area contributed by atoms with Gasteiger partial charge in [-0.1, -0.05) is 22.0 Å².